The molecular weight excluding hydrogens is 270 g/mol. The Labute approximate surface area is 120 Å². The molecular formula is C15H13N3O3. The molecule has 0 bridgehead atoms. The van der Waals surface area contributed by atoms with Gasteiger partial charge in [0, 0.05) is 11.3 Å². The molecule has 0 atom stereocenters. The second-order valence-corrected chi connectivity index (χ2v) is 4.57. The number of imidazole rings is 1. The molecule has 0 radical (unpaired) electrons. The van der Waals surface area contributed by atoms with Crippen LogP contribution in [0.15, 0.2) is 36.7 Å². The topological polar surface area (TPSA) is 76.7 Å². The lowest BCUT2D eigenvalue weighted by molar-refractivity contribution is 0.0693. The van der Waals surface area contributed by atoms with Crippen LogP contribution >= 0.6 is 0 Å². The number of aromatic carboxylic acids is 1. The summed E-state index contributed by atoms with van der Waals surface area (Å²) in [6.45, 7) is 1.88. The first-order valence-electron chi connectivity index (χ1n) is 6.33. The Balaban J connectivity index is 2.29. The number of hydrogen-bond donors (Lipinski definition) is 1. The van der Waals surface area contributed by atoms with Crippen molar-refractivity contribution in [2.45, 2.75) is 6.92 Å². The maximum atomic E-state index is 11.2. The normalized spacial score (nSPS) is 10.8. The van der Waals surface area contributed by atoms with Gasteiger partial charge in [-0.05, 0) is 25.1 Å². The first-order valence-corrected chi connectivity index (χ1v) is 6.33. The summed E-state index contributed by atoms with van der Waals surface area (Å²) in [5.41, 5.74) is 2.57. The molecule has 0 fully saturated rings. The summed E-state index contributed by atoms with van der Waals surface area (Å²) >= 11 is 0. The van der Waals surface area contributed by atoms with Crippen LogP contribution in [0, 0.1) is 6.92 Å². The van der Waals surface area contributed by atoms with Crippen molar-refractivity contribution in [1.82, 2.24) is 14.4 Å². The number of nitrogens with zero attached hydrogens (tertiary/aromatic N) is 3. The zero-order chi connectivity index (χ0) is 15.0. The molecule has 106 valence electrons. The van der Waals surface area contributed by atoms with E-state index in [2.05, 4.69) is 9.97 Å². The van der Waals surface area contributed by atoms with Gasteiger partial charge in [-0.2, -0.15) is 0 Å². The monoisotopic (exact) mass is 283 g/mol. The van der Waals surface area contributed by atoms with E-state index < -0.39 is 5.97 Å². The van der Waals surface area contributed by atoms with Gasteiger partial charge in [-0.15, -0.1) is 0 Å². The summed E-state index contributed by atoms with van der Waals surface area (Å²) in [6.07, 6.45) is 1.47. The molecule has 0 aliphatic rings. The quantitative estimate of drug-likeness (QED) is 0.798. The standard InChI is InChI=1S/C15H13N3O3/c1-9-7-11(10-5-3-4-6-12(10)21-2)17-14-13(15(19)20)16-8-18(9)14/h3-8H,1-2H3,(H,19,20). The third-order valence-corrected chi connectivity index (χ3v) is 3.28. The van der Waals surface area contributed by atoms with Crippen LogP contribution in [0.5, 0.6) is 5.75 Å². The van der Waals surface area contributed by atoms with Crippen LogP contribution in [0.4, 0.5) is 0 Å². The number of ether oxygens (including phenoxy) is 1. The van der Waals surface area contributed by atoms with Crippen molar-refractivity contribution in [3.63, 3.8) is 0 Å². The summed E-state index contributed by atoms with van der Waals surface area (Å²) in [5, 5.41) is 9.18. The average Bonchev–Trinajstić information content (AvgIpc) is 2.91. The number of carboxylic acids is 1. The molecule has 0 spiro atoms. The van der Waals surface area contributed by atoms with Crippen molar-refractivity contribution in [3.05, 3.63) is 48.0 Å². The highest BCUT2D eigenvalue weighted by Crippen LogP contribution is 2.29. The predicted molar refractivity (Wildman–Crippen MR) is 76.7 cm³/mol. The van der Waals surface area contributed by atoms with E-state index in [4.69, 9.17) is 4.74 Å². The average molecular weight is 283 g/mol. The number of fused-ring (bicyclic) bond motifs is 1. The van der Waals surface area contributed by atoms with E-state index in [0.717, 1.165) is 11.3 Å². The third kappa shape index (κ3) is 2.10. The van der Waals surface area contributed by atoms with Crippen molar-refractivity contribution < 1.29 is 14.6 Å². The molecule has 2 heterocycles. The van der Waals surface area contributed by atoms with Crippen LogP contribution < -0.4 is 4.74 Å². The number of aromatic nitrogens is 3. The Morgan fingerprint density at radius 1 is 1.33 bits per heavy atom. The fraction of sp³-hybridized carbons (Fsp3) is 0.133. The van der Waals surface area contributed by atoms with Crippen LogP contribution in [-0.4, -0.2) is 32.6 Å². The molecule has 0 amide bonds. The molecule has 3 aromatic rings. The lowest BCUT2D eigenvalue weighted by atomic mass is 10.1. The number of carbonyl (C=O) groups is 1. The van der Waals surface area contributed by atoms with E-state index in [1.165, 1.54) is 6.33 Å². The van der Waals surface area contributed by atoms with Crippen molar-refractivity contribution in [2.24, 2.45) is 0 Å². The number of para-hydroxylation sites is 1. The van der Waals surface area contributed by atoms with E-state index in [0.29, 0.717) is 17.1 Å². The van der Waals surface area contributed by atoms with Gasteiger partial charge in [0.25, 0.3) is 0 Å². The Kier molecular flexibility index (Phi) is 3.06. The summed E-state index contributed by atoms with van der Waals surface area (Å²) in [7, 11) is 1.59. The van der Waals surface area contributed by atoms with Crippen molar-refractivity contribution in [2.75, 3.05) is 7.11 Å². The van der Waals surface area contributed by atoms with Gasteiger partial charge >= 0.3 is 5.97 Å². The fourth-order valence-corrected chi connectivity index (χ4v) is 2.27. The Hall–Kier alpha value is -2.89. The first kappa shape index (κ1) is 13.1. The van der Waals surface area contributed by atoms with Crippen LogP contribution in [0.2, 0.25) is 0 Å². The van der Waals surface area contributed by atoms with E-state index in [-0.39, 0.29) is 5.69 Å². The molecule has 2 aromatic heterocycles. The van der Waals surface area contributed by atoms with Gasteiger partial charge in [-0.25, -0.2) is 14.8 Å². The predicted octanol–water partition coefficient (Wildman–Crippen LogP) is 2.41. The van der Waals surface area contributed by atoms with Gasteiger partial charge in [0.15, 0.2) is 11.3 Å². The van der Waals surface area contributed by atoms with Crippen LogP contribution in [0.1, 0.15) is 16.2 Å². The Bertz CT molecular complexity index is 839. The Morgan fingerprint density at radius 3 is 2.81 bits per heavy atom. The summed E-state index contributed by atoms with van der Waals surface area (Å²) in [5.74, 6) is -0.410. The molecule has 21 heavy (non-hydrogen) atoms. The zero-order valence-electron chi connectivity index (χ0n) is 11.6. The van der Waals surface area contributed by atoms with Crippen LogP contribution in [0.3, 0.4) is 0 Å². The minimum absolute atomic E-state index is 0.0603. The molecule has 0 saturated heterocycles. The third-order valence-electron chi connectivity index (χ3n) is 3.28. The smallest absolute Gasteiger partial charge is 0.358 e. The van der Waals surface area contributed by atoms with Crippen molar-refractivity contribution in [1.29, 1.82) is 0 Å². The van der Waals surface area contributed by atoms with Gasteiger partial charge < -0.3 is 9.84 Å². The highest BCUT2D eigenvalue weighted by Gasteiger charge is 2.16. The first-order chi connectivity index (χ1) is 10.1. The minimum atomic E-state index is -1.10. The summed E-state index contributed by atoms with van der Waals surface area (Å²) < 4.78 is 6.99. The number of methoxy groups -OCH3 is 1. The highest BCUT2D eigenvalue weighted by atomic mass is 16.5. The summed E-state index contributed by atoms with van der Waals surface area (Å²) in [4.78, 5) is 19.6. The van der Waals surface area contributed by atoms with Gasteiger partial charge in [0.05, 0.1) is 12.8 Å². The van der Waals surface area contributed by atoms with Crippen molar-refractivity contribution in [3.8, 4) is 17.0 Å². The van der Waals surface area contributed by atoms with E-state index in [1.807, 2.05) is 37.3 Å². The zero-order valence-corrected chi connectivity index (χ0v) is 11.6. The van der Waals surface area contributed by atoms with E-state index in [9.17, 15) is 9.90 Å². The Morgan fingerprint density at radius 2 is 2.10 bits per heavy atom. The number of benzene rings is 1. The highest BCUT2D eigenvalue weighted by molar-refractivity contribution is 5.92. The van der Waals surface area contributed by atoms with Gasteiger partial charge in [0.1, 0.15) is 12.1 Å². The molecule has 0 aliphatic heterocycles. The van der Waals surface area contributed by atoms with Gasteiger partial charge in [-0.1, -0.05) is 12.1 Å². The van der Waals surface area contributed by atoms with Gasteiger partial charge in [0.2, 0.25) is 0 Å². The van der Waals surface area contributed by atoms with Crippen LogP contribution in [0.25, 0.3) is 16.9 Å². The minimum Gasteiger partial charge on any atom is -0.496 e. The maximum Gasteiger partial charge on any atom is 0.358 e. The van der Waals surface area contributed by atoms with Crippen LogP contribution in [-0.2, 0) is 0 Å². The number of carboxylic acid groups (broad SMARTS) is 1. The number of hydrogen-bond acceptors (Lipinski definition) is 4. The number of aryl methyl sites for hydroxylation is 1. The van der Waals surface area contributed by atoms with Gasteiger partial charge in [-0.3, -0.25) is 4.40 Å². The lowest BCUT2D eigenvalue weighted by Gasteiger charge is -2.09. The molecule has 0 unspecified atom stereocenters. The second-order valence-electron chi connectivity index (χ2n) is 4.57. The molecule has 1 aromatic carbocycles. The SMILES string of the molecule is COc1ccccc1-c1cc(C)n2cnc(C(=O)O)c2n1. The van der Waals surface area contributed by atoms with E-state index >= 15 is 0 Å². The molecule has 3 rings (SSSR count). The molecule has 1 N–H and O–H groups in total. The maximum absolute atomic E-state index is 11.2. The number of rotatable bonds is 3. The largest absolute Gasteiger partial charge is 0.496 e. The molecule has 6 heteroatoms. The molecule has 0 aliphatic carbocycles. The lowest BCUT2D eigenvalue weighted by Crippen LogP contribution is -2.02. The summed E-state index contributed by atoms with van der Waals surface area (Å²) in [6, 6.07) is 9.35. The second kappa shape index (κ2) is 4.90. The van der Waals surface area contributed by atoms with Crippen molar-refractivity contribution >= 4 is 11.6 Å². The molecule has 0 saturated carbocycles. The fourth-order valence-electron chi connectivity index (χ4n) is 2.27. The molecule has 6 nitrogen and oxygen atoms in total. The van der Waals surface area contributed by atoms with E-state index in [1.54, 1.807) is 11.5 Å².